The lowest BCUT2D eigenvalue weighted by molar-refractivity contribution is 0.556. The summed E-state index contributed by atoms with van der Waals surface area (Å²) in [5.41, 5.74) is 0. The Morgan fingerprint density at radius 1 is 1.42 bits per heavy atom. The van der Waals surface area contributed by atoms with Crippen molar-refractivity contribution in [2.75, 3.05) is 0 Å². The summed E-state index contributed by atoms with van der Waals surface area (Å²) in [6, 6.07) is 2.89. The lowest BCUT2D eigenvalue weighted by Crippen LogP contribution is -1.79. The van der Waals surface area contributed by atoms with E-state index in [0.29, 0.717) is 0 Å². The number of hydrogen-bond donors (Lipinski definition) is 0. The van der Waals surface area contributed by atoms with E-state index in [9.17, 15) is 8.42 Å². The fraction of sp³-hybridized carbons (Fsp3) is 0. The van der Waals surface area contributed by atoms with Gasteiger partial charge in [-0.25, -0.2) is 0 Å². The molecule has 1 aromatic heterocycles. The van der Waals surface area contributed by atoms with Crippen LogP contribution in [0.25, 0.3) is 0 Å². The maximum atomic E-state index is 10.3. The van der Waals surface area contributed by atoms with Gasteiger partial charge in [-0.15, -0.1) is 0 Å². The molecule has 1 heterocycles. The Kier molecular flexibility index (Phi) is 2.68. The second-order valence-corrected chi connectivity index (χ2v) is 4.44. The topological polar surface area (TPSA) is 47.3 Å². The summed E-state index contributed by atoms with van der Waals surface area (Å²) in [5, 5.41) is 1.93. The van der Waals surface area contributed by atoms with Crippen LogP contribution in [-0.4, -0.2) is 8.42 Å². The predicted octanol–water partition coefficient (Wildman–Crippen LogP) is 1.81. The monoisotopic (exact) mass is 224 g/mol. The number of hydrogen-bond acceptors (Lipinski definition) is 3. The zero-order chi connectivity index (χ0) is 9.19. The number of rotatable bonds is 0. The molecule has 0 saturated carbocycles. The third kappa shape index (κ3) is 3.18. The molecular formula is C6H2Cl2O3S. The first kappa shape index (κ1) is 9.46. The van der Waals surface area contributed by atoms with Crippen LogP contribution < -0.4 is 0 Å². The average molecular weight is 225 g/mol. The summed E-state index contributed by atoms with van der Waals surface area (Å²) in [4.78, 5) is 0. The van der Waals surface area contributed by atoms with E-state index in [1.807, 2.05) is 0 Å². The maximum absolute atomic E-state index is 10.3. The molecule has 0 aliphatic heterocycles. The van der Waals surface area contributed by atoms with E-state index in [1.165, 1.54) is 12.1 Å². The molecule has 0 fully saturated rings. The molecule has 0 N–H and O–H groups in total. The van der Waals surface area contributed by atoms with Gasteiger partial charge in [0.1, 0.15) is 0 Å². The molecule has 3 nitrogen and oxygen atoms in total. The molecule has 0 bridgehead atoms. The van der Waals surface area contributed by atoms with Gasteiger partial charge in [-0.2, -0.15) is 8.42 Å². The zero-order valence-corrected chi connectivity index (χ0v) is 7.87. The van der Waals surface area contributed by atoms with Crippen molar-refractivity contribution in [1.29, 1.82) is 0 Å². The molecule has 12 heavy (non-hydrogen) atoms. The van der Waals surface area contributed by atoms with Crippen LogP contribution >= 0.6 is 22.3 Å². The summed E-state index contributed by atoms with van der Waals surface area (Å²) in [5.74, 6) is 2.34. The lowest BCUT2D eigenvalue weighted by Gasteiger charge is -1.77. The summed E-state index contributed by atoms with van der Waals surface area (Å²) in [7, 11) is 1.01. The Hall–Kier alpha value is -0.630. The number of halogens is 2. The maximum Gasteiger partial charge on any atom is 0.301 e. The van der Waals surface area contributed by atoms with E-state index in [4.69, 9.17) is 26.7 Å². The zero-order valence-electron chi connectivity index (χ0n) is 5.54. The van der Waals surface area contributed by atoms with E-state index in [1.54, 1.807) is 5.25 Å². The van der Waals surface area contributed by atoms with E-state index in [0.717, 1.165) is 0 Å². The van der Waals surface area contributed by atoms with Crippen LogP contribution in [0.4, 0.5) is 0 Å². The van der Waals surface area contributed by atoms with Crippen LogP contribution in [0.5, 0.6) is 0 Å². The van der Waals surface area contributed by atoms with Gasteiger partial charge in [0.15, 0.2) is 11.0 Å². The molecule has 0 saturated heterocycles. The van der Waals surface area contributed by atoms with Gasteiger partial charge in [0, 0.05) is 10.7 Å². The van der Waals surface area contributed by atoms with Crippen molar-refractivity contribution < 1.29 is 12.8 Å². The second kappa shape index (κ2) is 3.40. The van der Waals surface area contributed by atoms with Crippen LogP contribution in [0.1, 0.15) is 5.76 Å². The van der Waals surface area contributed by atoms with Crippen molar-refractivity contribution in [3.05, 3.63) is 23.1 Å². The molecule has 0 unspecified atom stereocenters. The van der Waals surface area contributed by atoms with Crippen molar-refractivity contribution in [3.8, 4) is 11.2 Å². The average Bonchev–Trinajstić information content (AvgIpc) is 2.30. The van der Waals surface area contributed by atoms with Crippen molar-refractivity contribution in [3.63, 3.8) is 0 Å². The Morgan fingerprint density at radius 2 is 2.08 bits per heavy atom. The molecule has 0 aromatic carbocycles. The van der Waals surface area contributed by atoms with Crippen molar-refractivity contribution >= 4 is 31.3 Å². The Morgan fingerprint density at radius 3 is 2.50 bits per heavy atom. The van der Waals surface area contributed by atoms with Gasteiger partial charge < -0.3 is 4.42 Å². The molecule has 0 aliphatic carbocycles. The largest absolute Gasteiger partial charge is 0.436 e. The third-order valence-corrected chi connectivity index (χ3v) is 1.65. The molecule has 6 heteroatoms. The second-order valence-electron chi connectivity index (χ2n) is 1.77. The molecule has 1 aromatic rings. The van der Waals surface area contributed by atoms with Gasteiger partial charge >= 0.3 is 9.05 Å². The van der Waals surface area contributed by atoms with Gasteiger partial charge in [-0.3, -0.25) is 0 Å². The van der Waals surface area contributed by atoms with Crippen LogP contribution in [0.15, 0.2) is 16.5 Å². The fourth-order valence-corrected chi connectivity index (χ4v) is 0.977. The molecule has 0 radical (unpaired) electrons. The first-order chi connectivity index (χ1) is 5.47. The standard InChI is InChI=1S/C6H2Cl2O3S/c7-6-2-1-5(11-6)3-4-12(8,9)10/h1-2H. The van der Waals surface area contributed by atoms with Gasteiger partial charge in [0.2, 0.25) is 0 Å². The predicted molar refractivity (Wildman–Crippen MR) is 45.4 cm³/mol. The van der Waals surface area contributed by atoms with Gasteiger partial charge in [-0.1, -0.05) is 0 Å². The molecule has 1 rings (SSSR count). The van der Waals surface area contributed by atoms with Gasteiger partial charge in [-0.05, 0) is 29.7 Å². The van der Waals surface area contributed by atoms with Crippen LogP contribution in [0.3, 0.4) is 0 Å². The highest BCUT2D eigenvalue weighted by molar-refractivity contribution is 8.17. The number of furan rings is 1. The molecule has 0 atom stereocenters. The van der Waals surface area contributed by atoms with Crippen LogP contribution in [0.2, 0.25) is 5.22 Å². The van der Waals surface area contributed by atoms with Crippen molar-refractivity contribution in [1.82, 2.24) is 0 Å². The van der Waals surface area contributed by atoms with Crippen LogP contribution in [-0.2, 0) is 9.05 Å². The minimum Gasteiger partial charge on any atom is -0.436 e. The quantitative estimate of drug-likeness (QED) is 0.499. The summed E-state index contributed by atoms with van der Waals surface area (Å²) in [6.07, 6.45) is 0. The Balaban J connectivity index is 2.95. The van der Waals surface area contributed by atoms with E-state index in [2.05, 4.69) is 5.92 Å². The minimum atomic E-state index is -3.81. The smallest absolute Gasteiger partial charge is 0.301 e. The highest BCUT2D eigenvalue weighted by Crippen LogP contribution is 2.11. The Bertz CT molecular complexity index is 435. The van der Waals surface area contributed by atoms with Gasteiger partial charge in [0.25, 0.3) is 0 Å². The van der Waals surface area contributed by atoms with Gasteiger partial charge in [0.05, 0.1) is 5.25 Å². The highest BCUT2D eigenvalue weighted by Gasteiger charge is 1.98. The minimum absolute atomic E-state index is 0.145. The summed E-state index contributed by atoms with van der Waals surface area (Å²) >= 11 is 5.39. The van der Waals surface area contributed by atoms with E-state index < -0.39 is 9.05 Å². The fourth-order valence-electron chi connectivity index (χ4n) is 0.493. The first-order valence-corrected chi connectivity index (χ1v) is 5.39. The molecule has 0 aliphatic rings. The molecular weight excluding hydrogens is 223 g/mol. The molecule has 0 spiro atoms. The summed E-state index contributed by atoms with van der Waals surface area (Å²) in [6.45, 7) is 0. The third-order valence-electron chi connectivity index (χ3n) is 0.869. The van der Waals surface area contributed by atoms with E-state index in [-0.39, 0.29) is 11.0 Å². The lowest BCUT2D eigenvalue weighted by atomic mass is 10.5. The summed E-state index contributed by atoms with van der Waals surface area (Å²) < 4.78 is 25.4. The van der Waals surface area contributed by atoms with E-state index >= 15 is 0 Å². The Labute approximate surface area is 78.7 Å². The van der Waals surface area contributed by atoms with Crippen LogP contribution in [0, 0.1) is 11.2 Å². The SMILES string of the molecule is O=S(=O)(Cl)C#Cc1ccc(Cl)o1. The normalized spacial score (nSPS) is 10.5. The van der Waals surface area contributed by atoms with Crippen molar-refractivity contribution in [2.45, 2.75) is 0 Å². The molecule has 64 valence electrons. The van der Waals surface area contributed by atoms with Crippen molar-refractivity contribution in [2.24, 2.45) is 0 Å². The highest BCUT2D eigenvalue weighted by atomic mass is 35.7. The first-order valence-electron chi connectivity index (χ1n) is 2.70. The molecule has 0 amide bonds.